The van der Waals surface area contributed by atoms with Crippen LogP contribution in [-0.4, -0.2) is 45.4 Å². The number of carboxylic acid groups (broad SMARTS) is 1. The van der Waals surface area contributed by atoms with E-state index in [1.807, 2.05) is 13.0 Å². The van der Waals surface area contributed by atoms with Crippen LogP contribution in [0.15, 0.2) is 12.3 Å². The van der Waals surface area contributed by atoms with Gasteiger partial charge in [0.2, 0.25) is 5.91 Å². The van der Waals surface area contributed by atoms with Crippen LogP contribution in [0.2, 0.25) is 0 Å². The first-order chi connectivity index (χ1) is 13.9. The number of carbonyl (C=O) groups is 2. The lowest BCUT2D eigenvalue weighted by Crippen LogP contribution is -2.31. The Labute approximate surface area is 173 Å². The summed E-state index contributed by atoms with van der Waals surface area (Å²) in [5.74, 6) is 1.34. The fourth-order valence-electron chi connectivity index (χ4n) is 3.79. The van der Waals surface area contributed by atoms with Gasteiger partial charge in [-0.1, -0.05) is 11.3 Å². The van der Waals surface area contributed by atoms with Gasteiger partial charge >= 0.3 is 6.09 Å². The van der Waals surface area contributed by atoms with Gasteiger partial charge in [-0.15, -0.1) is 0 Å². The van der Waals surface area contributed by atoms with Gasteiger partial charge < -0.3 is 20.5 Å². The van der Waals surface area contributed by atoms with E-state index in [1.165, 1.54) is 11.3 Å². The van der Waals surface area contributed by atoms with E-state index < -0.39 is 6.09 Å². The summed E-state index contributed by atoms with van der Waals surface area (Å²) in [5, 5.41) is 22.7. The van der Waals surface area contributed by atoms with Crippen LogP contribution >= 0.6 is 11.3 Å². The maximum atomic E-state index is 12.2. The number of amides is 2. The molecule has 10 heteroatoms. The minimum atomic E-state index is -0.970. The molecule has 3 rings (SSSR count). The third-order valence-corrected chi connectivity index (χ3v) is 6.23. The molecule has 3 atom stereocenters. The Morgan fingerprint density at radius 3 is 3.00 bits per heavy atom. The van der Waals surface area contributed by atoms with Crippen LogP contribution in [0.25, 0.3) is 0 Å². The Morgan fingerprint density at radius 1 is 1.45 bits per heavy atom. The van der Waals surface area contributed by atoms with Crippen LogP contribution in [0.4, 0.5) is 10.6 Å². The standard InChI is InChI=1S/C19H27N5O4S/c1-11(21-19(26)27)3-4-12-5-6-13(7-12)14-8-15(24-23-14)22-16(25)9-17-20-10-18(28-2)29-17/h8,10-13,21H,3-7,9H2,1-2H3,(H,26,27)(H2,22,23,24,25)/t11-,12?,13?/m0/s1. The molecule has 2 aromatic heterocycles. The summed E-state index contributed by atoms with van der Waals surface area (Å²) in [6.07, 6.45) is 5.91. The zero-order valence-electron chi connectivity index (χ0n) is 16.6. The van der Waals surface area contributed by atoms with Crippen molar-refractivity contribution < 1.29 is 19.4 Å². The highest BCUT2D eigenvalue weighted by Gasteiger charge is 2.27. The summed E-state index contributed by atoms with van der Waals surface area (Å²) in [4.78, 5) is 27.0. The van der Waals surface area contributed by atoms with Gasteiger partial charge in [-0.2, -0.15) is 5.10 Å². The minimum Gasteiger partial charge on any atom is -0.486 e. The first-order valence-electron chi connectivity index (χ1n) is 9.76. The van der Waals surface area contributed by atoms with Gasteiger partial charge in [-0.05, 0) is 44.9 Å². The summed E-state index contributed by atoms with van der Waals surface area (Å²) in [6.45, 7) is 1.90. The van der Waals surface area contributed by atoms with Crippen molar-refractivity contribution in [2.45, 2.75) is 57.4 Å². The highest BCUT2D eigenvalue weighted by Crippen LogP contribution is 2.40. The van der Waals surface area contributed by atoms with Crippen molar-refractivity contribution in [1.82, 2.24) is 20.5 Å². The number of nitrogens with zero attached hydrogens (tertiary/aromatic N) is 2. The maximum Gasteiger partial charge on any atom is 0.404 e. The molecule has 2 amide bonds. The highest BCUT2D eigenvalue weighted by molar-refractivity contribution is 7.13. The molecule has 0 bridgehead atoms. The Hall–Kier alpha value is -2.62. The van der Waals surface area contributed by atoms with Gasteiger partial charge in [0, 0.05) is 23.7 Å². The lowest BCUT2D eigenvalue weighted by Gasteiger charge is -2.14. The summed E-state index contributed by atoms with van der Waals surface area (Å²) in [7, 11) is 1.57. The minimum absolute atomic E-state index is 0.0293. The molecule has 1 fully saturated rings. The summed E-state index contributed by atoms with van der Waals surface area (Å²) < 4.78 is 5.09. The van der Waals surface area contributed by atoms with Crippen molar-refractivity contribution in [3.63, 3.8) is 0 Å². The van der Waals surface area contributed by atoms with E-state index in [9.17, 15) is 9.59 Å². The number of thiazole rings is 1. The molecule has 2 unspecified atom stereocenters. The average Bonchev–Trinajstić information content (AvgIpc) is 3.39. The fraction of sp³-hybridized carbons (Fsp3) is 0.579. The fourth-order valence-corrected chi connectivity index (χ4v) is 4.52. The van der Waals surface area contributed by atoms with Gasteiger partial charge in [0.15, 0.2) is 10.9 Å². The third kappa shape index (κ3) is 6.18. The lowest BCUT2D eigenvalue weighted by molar-refractivity contribution is -0.115. The van der Waals surface area contributed by atoms with Crippen LogP contribution in [0.3, 0.4) is 0 Å². The molecule has 2 heterocycles. The molecule has 0 spiro atoms. The number of anilines is 1. The highest BCUT2D eigenvalue weighted by atomic mass is 32.1. The van der Waals surface area contributed by atoms with E-state index in [1.54, 1.807) is 13.3 Å². The van der Waals surface area contributed by atoms with Crippen LogP contribution in [-0.2, 0) is 11.2 Å². The predicted molar refractivity (Wildman–Crippen MR) is 110 cm³/mol. The van der Waals surface area contributed by atoms with Crippen molar-refractivity contribution in [3.8, 4) is 5.06 Å². The van der Waals surface area contributed by atoms with Gasteiger partial charge in [-0.3, -0.25) is 9.89 Å². The predicted octanol–water partition coefficient (Wildman–Crippen LogP) is 3.38. The first kappa shape index (κ1) is 21.1. The number of hydrogen-bond donors (Lipinski definition) is 4. The smallest absolute Gasteiger partial charge is 0.404 e. The molecule has 2 aromatic rings. The van der Waals surface area contributed by atoms with Gasteiger partial charge in [-0.25, -0.2) is 9.78 Å². The number of hydrogen-bond acceptors (Lipinski definition) is 6. The molecule has 0 aromatic carbocycles. The molecule has 4 N–H and O–H groups in total. The Kier molecular flexibility index (Phi) is 7.08. The number of rotatable bonds is 9. The molecular weight excluding hydrogens is 394 g/mol. The van der Waals surface area contributed by atoms with Crippen LogP contribution in [0.5, 0.6) is 5.06 Å². The Bertz CT molecular complexity index is 836. The van der Waals surface area contributed by atoms with Crippen molar-refractivity contribution in [3.05, 3.63) is 23.0 Å². The normalized spacial score (nSPS) is 19.7. The SMILES string of the molecule is COc1cnc(CC(=O)Nc2cc(C3CCC(CC[C@H](C)NC(=O)O)C3)[nH]n2)s1. The zero-order valence-corrected chi connectivity index (χ0v) is 17.4. The summed E-state index contributed by atoms with van der Waals surface area (Å²) in [5.41, 5.74) is 1.04. The number of ether oxygens (including phenoxy) is 1. The van der Waals surface area contributed by atoms with E-state index in [2.05, 4.69) is 25.8 Å². The molecule has 9 nitrogen and oxygen atoms in total. The number of aromatic amines is 1. The second-order valence-electron chi connectivity index (χ2n) is 7.51. The van der Waals surface area contributed by atoms with Gasteiger partial charge in [0.25, 0.3) is 0 Å². The molecule has 158 valence electrons. The van der Waals surface area contributed by atoms with Crippen molar-refractivity contribution >= 4 is 29.2 Å². The van der Waals surface area contributed by atoms with Crippen LogP contribution in [0.1, 0.15) is 55.6 Å². The zero-order chi connectivity index (χ0) is 20.8. The van der Waals surface area contributed by atoms with Crippen molar-refractivity contribution in [2.24, 2.45) is 5.92 Å². The van der Waals surface area contributed by atoms with E-state index >= 15 is 0 Å². The van der Waals surface area contributed by atoms with E-state index in [0.29, 0.717) is 27.7 Å². The molecule has 0 aliphatic heterocycles. The molecular formula is C19H27N5O4S. The molecule has 1 saturated carbocycles. The van der Waals surface area contributed by atoms with Gasteiger partial charge in [0.05, 0.1) is 19.7 Å². The number of carbonyl (C=O) groups excluding carboxylic acids is 1. The second-order valence-corrected chi connectivity index (χ2v) is 8.59. The molecule has 29 heavy (non-hydrogen) atoms. The number of methoxy groups -OCH3 is 1. The monoisotopic (exact) mass is 421 g/mol. The lowest BCUT2D eigenvalue weighted by atomic mass is 9.96. The Balaban J connectivity index is 1.45. The van der Waals surface area contributed by atoms with E-state index in [0.717, 1.165) is 37.8 Å². The first-order valence-corrected chi connectivity index (χ1v) is 10.6. The number of nitrogens with one attached hydrogen (secondary N) is 3. The second kappa shape index (κ2) is 9.73. The summed E-state index contributed by atoms with van der Waals surface area (Å²) in [6, 6.07) is 1.88. The molecule has 0 saturated heterocycles. The summed E-state index contributed by atoms with van der Waals surface area (Å²) >= 11 is 1.35. The molecule has 1 aliphatic carbocycles. The van der Waals surface area contributed by atoms with Crippen molar-refractivity contribution in [2.75, 3.05) is 12.4 Å². The van der Waals surface area contributed by atoms with Crippen LogP contribution < -0.4 is 15.4 Å². The van der Waals surface area contributed by atoms with E-state index in [-0.39, 0.29) is 18.4 Å². The largest absolute Gasteiger partial charge is 0.486 e. The number of aromatic nitrogens is 3. The Morgan fingerprint density at radius 2 is 2.28 bits per heavy atom. The molecule has 0 radical (unpaired) electrons. The van der Waals surface area contributed by atoms with Crippen molar-refractivity contribution in [1.29, 1.82) is 0 Å². The van der Waals surface area contributed by atoms with Crippen LogP contribution in [0, 0.1) is 5.92 Å². The van der Waals surface area contributed by atoms with E-state index in [4.69, 9.17) is 9.84 Å². The molecule has 1 aliphatic rings. The number of H-pyrrole nitrogens is 1. The average molecular weight is 422 g/mol. The quantitative estimate of drug-likeness (QED) is 0.491. The maximum absolute atomic E-state index is 12.2. The topological polar surface area (TPSA) is 129 Å². The van der Waals surface area contributed by atoms with Gasteiger partial charge in [0.1, 0.15) is 5.01 Å². The third-order valence-electron chi connectivity index (χ3n) is 5.27.